The fourth-order valence-electron chi connectivity index (χ4n) is 2.52. The van der Waals surface area contributed by atoms with Crippen LogP contribution in [0.15, 0.2) is 48.5 Å². The summed E-state index contributed by atoms with van der Waals surface area (Å²) in [4.78, 5) is 8.89. The number of aromatic nitrogens is 2. The molecule has 3 heteroatoms. The van der Waals surface area contributed by atoms with E-state index < -0.39 is 0 Å². The Morgan fingerprint density at radius 1 is 0.636 bits per heavy atom. The molecule has 0 aliphatic rings. The molecular weight excluding hydrogens is 270 g/mol. The van der Waals surface area contributed by atoms with E-state index in [9.17, 15) is 0 Å². The van der Waals surface area contributed by atoms with Crippen LogP contribution < -0.4 is 5.73 Å². The van der Waals surface area contributed by atoms with Crippen molar-refractivity contribution >= 4 is 5.95 Å². The van der Waals surface area contributed by atoms with Crippen LogP contribution in [-0.4, -0.2) is 9.97 Å². The van der Waals surface area contributed by atoms with Crippen LogP contribution in [0.1, 0.15) is 16.7 Å². The first-order chi connectivity index (χ1) is 10.5. The van der Waals surface area contributed by atoms with Crippen molar-refractivity contribution in [1.82, 2.24) is 9.97 Å². The Hall–Kier alpha value is -2.68. The molecule has 3 nitrogen and oxygen atoms in total. The smallest absolute Gasteiger partial charge is 0.221 e. The highest BCUT2D eigenvalue weighted by Crippen LogP contribution is 2.30. The van der Waals surface area contributed by atoms with E-state index >= 15 is 0 Å². The van der Waals surface area contributed by atoms with Crippen molar-refractivity contribution in [2.75, 3.05) is 5.73 Å². The summed E-state index contributed by atoms with van der Waals surface area (Å²) in [5.41, 5.74) is 13.3. The lowest BCUT2D eigenvalue weighted by atomic mass is 10.00. The van der Waals surface area contributed by atoms with E-state index in [4.69, 9.17) is 5.73 Å². The molecule has 0 spiro atoms. The summed E-state index contributed by atoms with van der Waals surface area (Å²) in [5.74, 6) is 0.303. The standard InChI is InChI=1S/C19H19N3/c1-12-4-8-15(9-5-12)17-14(3)18(22-19(20)21-17)16-10-6-13(2)7-11-16/h4-11H,1-3H3,(H2,20,21,22). The van der Waals surface area contributed by atoms with Gasteiger partial charge in [0.15, 0.2) is 0 Å². The van der Waals surface area contributed by atoms with Gasteiger partial charge in [-0.05, 0) is 20.8 Å². The molecule has 2 aromatic carbocycles. The van der Waals surface area contributed by atoms with Crippen LogP contribution in [-0.2, 0) is 0 Å². The maximum Gasteiger partial charge on any atom is 0.221 e. The number of hydrogen-bond donors (Lipinski definition) is 1. The first-order valence-corrected chi connectivity index (χ1v) is 7.33. The Kier molecular flexibility index (Phi) is 3.63. The van der Waals surface area contributed by atoms with Crippen molar-refractivity contribution < 1.29 is 0 Å². The van der Waals surface area contributed by atoms with Gasteiger partial charge in [-0.3, -0.25) is 0 Å². The van der Waals surface area contributed by atoms with Crippen LogP contribution in [0.5, 0.6) is 0 Å². The van der Waals surface area contributed by atoms with E-state index in [1.807, 2.05) is 6.92 Å². The number of anilines is 1. The second-order valence-electron chi connectivity index (χ2n) is 5.64. The van der Waals surface area contributed by atoms with Gasteiger partial charge in [0.05, 0.1) is 11.4 Å². The summed E-state index contributed by atoms with van der Waals surface area (Å²) < 4.78 is 0. The van der Waals surface area contributed by atoms with Crippen molar-refractivity contribution in [2.24, 2.45) is 0 Å². The number of hydrogen-bond acceptors (Lipinski definition) is 3. The van der Waals surface area contributed by atoms with Gasteiger partial charge in [-0.25, -0.2) is 9.97 Å². The molecule has 0 aliphatic carbocycles. The summed E-state index contributed by atoms with van der Waals surface area (Å²) in [6.07, 6.45) is 0. The molecule has 0 atom stereocenters. The third-order valence-electron chi connectivity index (χ3n) is 3.81. The molecule has 0 amide bonds. The van der Waals surface area contributed by atoms with Gasteiger partial charge < -0.3 is 5.73 Å². The second kappa shape index (κ2) is 5.60. The van der Waals surface area contributed by atoms with E-state index in [-0.39, 0.29) is 0 Å². The van der Waals surface area contributed by atoms with Crippen LogP contribution in [0.2, 0.25) is 0 Å². The van der Waals surface area contributed by atoms with Crippen molar-refractivity contribution in [3.8, 4) is 22.5 Å². The summed E-state index contributed by atoms with van der Waals surface area (Å²) >= 11 is 0. The van der Waals surface area contributed by atoms with E-state index in [1.165, 1.54) is 11.1 Å². The minimum atomic E-state index is 0.303. The van der Waals surface area contributed by atoms with Crippen LogP contribution in [0.25, 0.3) is 22.5 Å². The maximum atomic E-state index is 5.94. The third kappa shape index (κ3) is 2.70. The third-order valence-corrected chi connectivity index (χ3v) is 3.81. The molecule has 0 radical (unpaired) electrons. The lowest BCUT2D eigenvalue weighted by Gasteiger charge is -2.12. The molecule has 3 rings (SSSR count). The van der Waals surface area contributed by atoms with Gasteiger partial charge in [-0.15, -0.1) is 0 Å². The van der Waals surface area contributed by atoms with E-state index in [2.05, 4.69) is 72.3 Å². The van der Waals surface area contributed by atoms with Crippen molar-refractivity contribution in [3.05, 3.63) is 65.2 Å². The number of nitrogen functional groups attached to an aromatic ring is 1. The van der Waals surface area contributed by atoms with Gasteiger partial charge in [0, 0.05) is 16.7 Å². The van der Waals surface area contributed by atoms with Gasteiger partial charge in [-0.2, -0.15) is 0 Å². The zero-order valence-corrected chi connectivity index (χ0v) is 13.1. The number of nitrogens with zero attached hydrogens (tertiary/aromatic N) is 2. The van der Waals surface area contributed by atoms with Gasteiger partial charge >= 0.3 is 0 Å². The zero-order valence-electron chi connectivity index (χ0n) is 13.1. The minimum absolute atomic E-state index is 0.303. The molecule has 0 aliphatic heterocycles. The number of aryl methyl sites for hydroxylation is 2. The number of nitrogens with two attached hydrogens (primary N) is 1. The highest BCUT2D eigenvalue weighted by atomic mass is 15.0. The monoisotopic (exact) mass is 289 g/mol. The first-order valence-electron chi connectivity index (χ1n) is 7.33. The highest BCUT2D eigenvalue weighted by molar-refractivity contribution is 5.74. The van der Waals surface area contributed by atoms with E-state index in [0.717, 1.165) is 28.1 Å². The van der Waals surface area contributed by atoms with Gasteiger partial charge in [0.1, 0.15) is 0 Å². The van der Waals surface area contributed by atoms with Gasteiger partial charge in [-0.1, -0.05) is 59.7 Å². The summed E-state index contributed by atoms with van der Waals surface area (Å²) in [5, 5.41) is 0. The minimum Gasteiger partial charge on any atom is -0.368 e. The molecule has 0 fully saturated rings. The Morgan fingerprint density at radius 2 is 1.00 bits per heavy atom. The molecule has 0 bridgehead atoms. The van der Waals surface area contributed by atoms with Crippen molar-refractivity contribution in [1.29, 1.82) is 0 Å². The number of benzene rings is 2. The summed E-state index contributed by atoms with van der Waals surface area (Å²) in [7, 11) is 0. The fraction of sp³-hybridized carbons (Fsp3) is 0.158. The second-order valence-corrected chi connectivity index (χ2v) is 5.64. The van der Waals surface area contributed by atoms with E-state index in [1.54, 1.807) is 0 Å². The average molecular weight is 289 g/mol. The Balaban J connectivity index is 2.17. The molecule has 0 unspecified atom stereocenters. The van der Waals surface area contributed by atoms with Crippen molar-refractivity contribution in [3.63, 3.8) is 0 Å². The van der Waals surface area contributed by atoms with Gasteiger partial charge in [0.2, 0.25) is 5.95 Å². The van der Waals surface area contributed by atoms with E-state index in [0.29, 0.717) is 5.95 Å². The number of rotatable bonds is 2. The van der Waals surface area contributed by atoms with Crippen LogP contribution in [0.3, 0.4) is 0 Å². The van der Waals surface area contributed by atoms with Crippen LogP contribution in [0, 0.1) is 20.8 Å². The predicted molar refractivity (Wildman–Crippen MR) is 91.5 cm³/mol. The maximum absolute atomic E-state index is 5.94. The lowest BCUT2D eigenvalue weighted by Crippen LogP contribution is -2.02. The molecule has 22 heavy (non-hydrogen) atoms. The quantitative estimate of drug-likeness (QED) is 0.764. The molecule has 2 N–H and O–H groups in total. The van der Waals surface area contributed by atoms with Crippen LogP contribution >= 0.6 is 0 Å². The Bertz CT molecular complexity index is 737. The Labute approximate surface area is 130 Å². The summed E-state index contributed by atoms with van der Waals surface area (Å²) in [6, 6.07) is 16.6. The zero-order chi connectivity index (χ0) is 15.7. The Morgan fingerprint density at radius 3 is 1.36 bits per heavy atom. The predicted octanol–water partition coefficient (Wildman–Crippen LogP) is 4.32. The summed E-state index contributed by atoms with van der Waals surface area (Å²) in [6.45, 7) is 6.19. The molecule has 1 aromatic heterocycles. The molecular formula is C19H19N3. The van der Waals surface area contributed by atoms with Crippen LogP contribution in [0.4, 0.5) is 5.95 Å². The largest absolute Gasteiger partial charge is 0.368 e. The molecule has 110 valence electrons. The molecule has 1 heterocycles. The normalized spacial score (nSPS) is 10.7. The lowest BCUT2D eigenvalue weighted by molar-refractivity contribution is 1.15. The topological polar surface area (TPSA) is 51.8 Å². The first kappa shape index (κ1) is 14.3. The molecule has 3 aromatic rings. The molecule has 0 saturated carbocycles. The highest BCUT2D eigenvalue weighted by Gasteiger charge is 2.13. The van der Waals surface area contributed by atoms with Crippen molar-refractivity contribution in [2.45, 2.75) is 20.8 Å². The average Bonchev–Trinajstić information content (AvgIpc) is 2.51. The van der Waals surface area contributed by atoms with Gasteiger partial charge in [0.25, 0.3) is 0 Å². The SMILES string of the molecule is Cc1ccc(-c2nc(N)nc(-c3ccc(C)cc3)c2C)cc1. The molecule has 0 saturated heterocycles. The fourth-order valence-corrected chi connectivity index (χ4v) is 2.52.